The van der Waals surface area contributed by atoms with E-state index in [1.54, 1.807) is 0 Å². The molecule has 2 aliphatic rings. The minimum Gasteiger partial charge on any atom is -0.385 e. The molecule has 98 valence electrons. The third-order valence-corrected chi connectivity index (χ3v) is 5.03. The second-order valence-electron chi connectivity index (χ2n) is 6.33. The summed E-state index contributed by atoms with van der Waals surface area (Å²) in [5.41, 5.74) is 0.540. The number of aliphatic hydroxyl groups is 1. The highest BCUT2D eigenvalue weighted by molar-refractivity contribution is 5.28. The van der Waals surface area contributed by atoms with Gasteiger partial charge >= 0.3 is 0 Å². The number of hydrogen-bond acceptors (Lipinski definition) is 2. The van der Waals surface area contributed by atoms with E-state index in [0.717, 1.165) is 12.1 Å². The summed E-state index contributed by atoms with van der Waals surface area (Å²) in [6, 6.07) is 10.3. The smallest absolute Gasteiger partial charge is 0.0967 e. The Bertz CT molecular complexity index is 416. The van der Waals surface area contributed by atoms with Crippen LogP contribution in [0.1, 0.15) is 24.8 Å². The van der Waals surface area contributed by atoms with Crippen LogP contribution in [0.15, 0.2) is 30.3 Å². The van der Waals surface area contributed by atoms with E-state index in [4.69, 9.17) is 0 Å². The van der Waals surface area contributed by atoms with E-state index in [2.05, 4.69) is 31.1 Å². The molecule has 2 fully saturated rings. The summed E-state index contributed by atoms with van der Waals surface area (Å²) < 4.78 is 0. The van der Waals surface area contributed by atoms with Gasteiger partial charge in [0.25, 0.3) is 0 Å². The molecule has 4 atom stereocenters. The summed E-state index contributed by atoms with van der Waals surface area (Å²) in [4.78, 5) is 2.22. The molecule has 3 rings (SSSR count). The van der Waals surface area contributed by atoms with Crippen molar-refractivity contribution in [2.75, 3.05) is 20.6 Å². The molecule has 0 aromatic heterocycles. The Morgan fingerprint density at radius 2 is 1.94 bits per heavy atom. The van der Waals surface area contributed by atoms with Crippen molar-refractivity contribution in [2.24, 2.45) is 17.8 Å². The molecule has 2 nitrogen and oxygen atoms in total. The number of benzene rings is 1. The van der Waals surface area contributed by atoms with Crippen LogP contribution in [0.3, 0.4) is 0 Å². The SMILES string of the molecule is CN(C)C[C@@H]1[C@H]2CC[C@H](C2)[C@]1(O)c1ccccc1. The summed E-state index contributed by atoms with van der Waals surface area (Å²) in [5, 5.41) is 11.3. The van der Waals surface area contributed by atoms with Crippen LogP contribution in [0.2, 0.25) is 0 Å². The fourth-order valence-corrected chi connectivity index (χ4v) is 4.28. The normalized spacial score (nSPS) is 38.6. The number of rotatable bonds is 3. The van der Waals surface area contributed by atoms with Crippen LogP contribution < -0.4 is 0 Å². The van der Waals surface area contributed by atoms with Gasteiger partial charge in [0.05, 0.1) is 5.60 Å². The van der Waals surface area contributed by atoms with Gasteiger partial charge in [-0.3, -0.25) is 0 Å². The van der Waals surface area contributed by atoms with Crippen LogP contribution in [0, 0.1) is 17.8 Å². The summed E-state index contributed by atoms with van der Waals surface area (Å²) in [7, 11) is 4.22. The van der Waals surface area contributed by atoms with Crippen LogP contribution in [-0.4, -0.2) is 30.6 Å². The van der Waals surface area contributed by atoms with Gasteiger partial charge in [0.1, 0.15) is 0 Å². The molecule has 1 aromatic rings. The molecule has 2 bridgehead atoms. The van der Waals surface area contributed by atoms with Gasteiger partial charge in [0, 0.05) is 12.5 Å². The summed E-state index contributed by atoms with van der Waals surface area (Å²) in [6.45, 7) is 0.993. The van der Waals surface area contributed by atoms with Crippen molar-refractivity contribution in [1.29, 1.82) is 0 Å². The van der Waals surface area contributed by atoms with Crippen LogP contribution in [0.4, 0.5) is 0 Å². The number of fused-ring (bicyclic) bond motifs is 2. The minimum atomic E-state index is -0.589. The fourth-order valence-electron chi connectivity index (χ4n) is 4.28. The van der Waals surface area contributed by atoms with Gasteiger partial charge in [-0.2, -0.15) is 0 Å². The minimum absolute atomic E-state index is 0.397. The molecule has 2 heteroatoms. The highest BCUT2D eigenvalue weighted by Crippen LogP contribution is 2.59. The Kier molecular flexibility index (Phi) is 2.95. The molecule has 0 aliphatic heterocycles. The van der Waals surface area contributed by atoms with Crippen LogP contribution in [0.25, 0.3) is 0 Å². The maximum atomic E-state index is 11.3. The Labute approximate surface area is 110 Å². The van der Waals surface area contributed by atoms with E-state index in [0.29, 0.717) is 17.8 Å². The topological polar surface area (TPSA) is 23.5 Å². The van der Waals surface area contributed by atoms with Gasteiger partial charge in [0.2, 0.25) is 0 Å². The molecule has 0 heterocycles. The van der Waals surface area contributed by atoms with Crippen molar-refractivity contribution in [3.05, 3.63) is 35.9 Å². The zero-order chi connectivity index (χ0) is 12.8. The fraction of sp³-hybridized carbons (Fsp3) is 0.625. The molecule has 0 amide bonds. The molecule has 0 unspecified atom stereocenters. The van der Waals surface area contributed by atoms with Crippen molar-refractivity contribution in [3.8, 4) is 0 Å². The standard InChI is InChI=1S/C16H23NO/c1-17(2)11-15-12-8-9-14(10-12)16(15,18)13-6-4-3-5-7-13/h3-7,12,14-15,18H,8-11H2,1-2H3/t12-,14+,15+,16+/m0/s1. The predicted molar refractivity (Wildman–Crippen MR) is 73.2 cm³/mol. The first-order chi connectivity index (χ1) is 8.62. The summed E-state index contributed by atoms with van der Waals surface area (Å²) in [5.74, 6) is 1.58. The van der Waals surface area contributed by atoms with E-state index in [-0.39, 0.29) is 0 Å². The molecule has 0 radical (unpaired) electrons. The monoisotopic (exact) mass is 245 g/mol. The zero-order valence-electron chi connectivity index (χ0n) is 11.3. The Morgan fingerprint density at radius 1 is 1.22 bits per heavy atom. The highest BCUT2D eigenvalue weighted by atomic mass is 16.3. The summed E-state index contributed by atoms with van der Waals surface area (Å²) >= 11 is 0. The van der Waals surface area contributed by atoms with Crippen molar-refractivity contribution >= 4 is 0 Å². The van der Waals surface area contributed by atoms with E-state index in [9.17, 15) is 5.11 Å². The first-order valence-corrected chi connectivity index (χ1v) is 7.05. The first kappa shape index (κ1) is 12.2. The third-order valence-electron chi connectivity index (χ3n) is 5.03. The molecule has 2 saturated carbocycles. The van der Waals surface area contributed by atoms with Crippen molar-refractivity contribution in [1.82, 2.24) is 4.90 Å². The maximum Gasteiger partial charge on any atom is 0.0967 e. The predicted octanol–water partition coefficient (Wildman–Crippen LogP) is 2.48. The molecule has 1 N–H and O–H groups in total. The van der Waals surface area contributed by atoms with Crippen molar-refractivity contribution < 1.29 is 5.11 Å². The largest absolute Gasteiger partial charge is 0.385 e. The van der Waals surface area contributed by atoms with Gasteiger partial charge < -0.3 is 10.0 Å². The van der Waals surface area contributed by atoms with E-state index in [1.807, 2.05) is 18.2 Å². The van der Waals surface area contributed by atoms with Crippen LogP contribution in [0.5, 0.6) is 0 Å². The van der Waals surface area contributed by atoms with Gasteiger partial charge in [-0.15, -0.1) is 0 Å². The Morgan fingerprint density at radius 3 is 2.61 bits per heavy atom. The molecule has 1 aromatic carbocycles. The van der Waals surface area contributed by atoms with Crippen molar-refractivity contribution in [3.63, 3.8) is 0 Å². The lowest BCUT2D eigenvalue weighted by atomic mass is 9.71. The van der Waals surface area contributed by atoms with E-state index < -0.39 is 5.60 Å². The average molecular weight is 245 g/mol. The first-order valence-electron chi connectivity index (χ1n) is 7.05. The Balaban J connectivity index is 1.97. The van der Waals surface area contributed by atoms with Crippen LogP contribution in [-0.2, 0) is 5.60 Å². The zero-order valence-corrected chi connectivity index (χ0v) is 11.3. The van der Waals surface area contributed by atoms with Crippen molar-refractivity contribution in [2.45, 2.75) is 24.9 Å². The van der Waals surface area contributed by atoms with E-state index >= 15 is 0 Å². The van der Waals surface area contributed by atoms with Gasteiger partial charge in [-0.25, -0.2) is 0 Å². The molecule has 2 aliphatic carbocycles. The lowest BCUT2D eigenvalue weighted by molar-refractivity contribution is -0.0731. The molecular formula is C16H23NO. The average Bonchev–Trinajstić information content (AvgIpc) is 2.93. The molecule has 18 heavy (non-hydrogen) atoms. The lowest BCUT2D eigenvalue weighted by Gasteiger charge is -2.41. The number of nitrogens with zero attached hydrogens (tertiary/aromatic N) is 1. The lowest BCUT2D eigenvalue weighted by Crippen LogP contribution is -2.45. The molecular weight excluding hydrogens is 222 g/mol. The maximum absolute atomic E-state index is 11.3. The van der Waals surface area contributed by atoms with E-state index in [1.165, 1.54) is 19.3 Å². The summed E-state index contributed by atoms with van der Waals surface area (Å²) in [6.07, 6.45) is 3.71. The molecule has 0 spiro atoms. The third kappa shape index (κ3) is 1.70. The second-order valence-corrected chi connectivity index (χ2v) is 6.33. The number of hydrogen-bond donors (Lipinski definition) is 1. The second kappa shape index (κ2) is 4.36. The highest BCUT2D eigenvalue weighted by Gasteiger charge is 2.57. The van der Waals surface area contributed by atoms with Gasteiger partial charge in [0.15, 0.2) is 0 Å². The van der Waals surface area contributed by atoms with Crippen LogP contribution >= 0.6 is 0 Å². The van der Waals surface area contributed by atoms with Gasteiger partial charge in [-0.1, -0.05) is 30.3 Å². The molecule has 0 saturated heterocycles. The Hall–Kier alpha value is -0.860. The van der Waals surface area contributed by atoms with Gasteiger partial charge in [-0.05, 0) is 50.8 Å². The quantitative estimate of drug-likeness (QED) is 0.884.